The number of nitrogens with zero attached hydrogens (tertiary/aromatic N) is 3. The fourth-order valence-corrected chi connectivity index (χ4v) is 3.75. The molecule has 0 amide bonds. The third kappa shape index (κ3) is 4.57. The Balaban J connectivity index is 1.34. The highest BCUT2D eigenvalue weighted by Gasteiger charge is 2.21. The van der Waals surface area contributed by atoms with Gasteiger partial charge < -0.3 is 0 Å². The molecule has 0 radical (unpaired) electrons. The molecule has 154 valence electrons. The summed E-state index contributed by atoms with van der Waals surface area (Å²) in [5, 5.41) is 0. The van der Waals surface area contributed by atoms with Crippen molar-refractivity contribution in [2.45, 2.75) is 25.3 Å². The van der Waals surface area contributed by atoms with Crippen LogP contribution in [0.15, 0.2) is 54.9 Å². The molecular formula is C23H20F3N3O. The second kappa shape index (κ2) is 8.75. The average Bonchev–Trinajstić information content (AvgIpc) is 2.77. The van der Waals surface area contributed by atoms with Gasteiger partial charge in [-0.25, -0.2) is 13.8 Å². The van der Waals surface area contributed by atoms with E-state index in [-0.39, 0.29) is 11.3 Å². The van der Waals surface area contributed by atoms with E-state index in [1.165, 1.54) is 12.1 Å². The van der Waals surface area contributed by atoms with Crippen molar-refractivity contribution >= 4 is 5.78 Å². The van der Waals surface area contributed by atoms with Gasteiger partial charge in [0.25, 0.3) is 0 Å². The second-order valence-corrected chi connectivity index (χ2v) is 7.47. The van der Waals surface area contributed by atoms with E-state index in [4.69, 9.17) is 0 Å². The Hall–Kier alpha value is -3.06. The van der Waals surface area contributed by atoms with Gasteiger partial charge in [0.2, 0.25) is 11.7 Å². The molecule has 0 bridgehead atoms. The average molecular weight is 411 g/mol. The van der Waals surface area contributed by atoms with E-state index in [0.29, 0.717) is 12.5 Å². The molecule has 3 aromatic rings. The van der Waals surface area contributed by atoms with Crippen molar-refractivity contribution < 1.29 is 18.0 Å². The maximum atomic E-state index is 13.4. The van der Waals surface area contributed by atoms with Crippen molar-refractivity contribution in [3.63, 3.8) is 0 Å². The Morgan fingerprint density at radius 3 is 2.37 bits per heavy atom. The third-order valence-corrected chi connectivity index (χ3v) is 5.45. The minimum absolute atomic E-state index is 0.0616. The molecule has 1 aromatic carbocycles. The van der Waals surface area contributed by atoms with E-state index in [1.54, 1.807) is 24.5 Å². The van der Waals surface area contributed by atoms with Crippen LogP contribution in [-0.4, -0.2) is 33.7 Å². The second-order valence-electron chi connectivity index (χ2n) is 7.47. The number of likely N-dealkylation sites (tertiary alicyclic amines) is 1. The van der Waals surface area contributed by atoms with Crippen LogP contribution >= 0.6 is 0 Å². The predicted octanol–water partition coefficient (Wildman–Crippen LogP) is 4.50. The normalized spacial score (nSPS) is 15.3. The smallest absolute Gasteiger partial charge is 0.212 e. The molecule has 0 N–H and O–H groups in total. The van der Waals surface area contributed by atoms with E-state index in [9.17, 15) is 18.0 Å². The molecule has 1 aliphatic heterocycles. The van der Waals surface area contributed by atoms with Crippen LogP contribution in [0.4, 0.5) is 13.2 Å². The summed E-state index contributed by atoms with van der Waals surface area (Å²) in [6, 6.07) is 9.70. The van der Waals surface area contributed by atoms with Crippen molar-refractivity contribution in [3.8, 4) is 0 Å². The van der Waals surface area contributed by atoms with Gasteiger partial charge in [0, 0.05) is 24.5 Å². The van der Waals surface area contributed by atoms with Gasteiger partial charge in [-0.15, -0.1) is 0 Å². The molecule has 0 aliphatic carbocycles. The highest BCUT2D eigenvalue weighted by molar-refractivity contribution is 6.07. The molecule has 1 saturated heterocycles. The molecule has 3 heterocycles. The number of pyridine rings is 2. The van der Waals surface area contributed by atoms with Crippen LogP contribution < -0.4 is 0 Å². The van der Waals surface area contributed by atoms with Gasteiger partial charge in [-0.3, -0.25) is 14.7 Å². The monoisotopic (exact) mass is 411 g/mol. The first-order valence-corrected chi connectivity index (χ1v) is 9.78. The summed E-state index contributed by atoms with van der Waals surface area (Å²) in [5.41, 5.74) is 2.29. The van der Waals surface area contributed by atoms with Crippen molar-refractivity contribution in [2.24, 2.45) is 0 Å². The van der Waals surface area contributed by atoms with Gasteiger partial charge in [0.1, 0.15) is 5.69 Å². The van der Waals surface area contributed by atoms with E-state index >= 15 is 0 Å². The summed E-state index contributed by atoms with van der Waals surface area (Å²) in [4.78, 5) is 22.7. The molecule has 0 atom stereocenters. The van der Waals surface area contributed by atoms with Crippen LogP contribution in [0.1, 0.15) is 45.9 Å². The molecule has 1 aliphatic rings. The van der Waals surface area contributed by atoms with Crippen molar-refractivity contribution in [2.75, 3.05) is 13.1 Å². The summed E-state index contributed by atoms with van der Waals surface area (Å²) in [6.45, 7) is 2.51. The zero-order chi connectivity index (χ0) is 21.1. The maximum Gasteiger partial charge on any atom is 0.212 e. The molecular weight excluding hydrogens is 391 g/mol. The minimum Gasteiger partial charge on any atom is -0.299 e. The van der Waals surface area contributed by atoms with Crippen molar-refractivity contribution in [1.29, 1.82) is 0 Å². The van der Waals surface area contributed by atoms with Gasteiger partial charge >= 0.3 is 0 Å². The van der Waals surface area contributed by atoms with Crippen LogP contribution in [0.2, 0.25) is 0 Å². The number of rotatable bonds is 5. The molecule has 7 heteroatoms. The molecule has 4 nitrogen and oxygen atoms in total. The van der Waals surface area contributed by atoms with Gasteiger partial charge in [-0.2, -0.15) is 4.39 Å². The Bertz CT molecular complexity index is 1030. The zero-order valence-electron chi connectivity index (χ0n) is 16.2. The zero-order valence-corrected chi connectivity index (χ0v) is 16.2. The van der Waals surface area contributed by atoms with E-state index in [2.05, 4.69) is 14.9 Å². The number of hydrogen-bond donors (Lipinski definition) is 0. The highest BCUT2D eigenvalue weighted by atomic mass is 19.2. The number of ketones is 1. The quantitative estimate of drug-likeness (QED) is 0.458. The van der Waals surface area contributed by atoms with E-state index in [1.807, 2.05) is 6.07 Å². The summed E-state index contributed by atoms with van der Waals surface area (Å²) in [5.74, 6) is -2.58. The first kappa shape index (κ1) is 20.2. The molecule has 0 unspecified atom stereocenters. The number of benzene rings is 1. The van der Waals surface area contributed by atoms with Crippen LogP contribution in [0.5, 0.6) is 0 Å². The topological polar surface area (TPSA) is 46.1 Å². The van der Waals surface area contributed by atoms with Gasteiger partial charge in [-0.1, -0.05) is 12.1 Å². The third-order valence-electron chi connectivity index (χ3n) is 5.45. The molecule has 30 heavy (non-hydrogen) atoms. The Morgan fingerprint density at radius 1 is 0.933 bits per heavy atom. The van der Waals surface area contributed by atoms with Crippen LogP contribution in [0, 0.1) is 17.6 Å². The number of aromatic nitrogens is 2. The van der Waals surface area contributed by atoms with Gasteiger partial charge in [0.05, 0.1) is 0 Å². The lowest BCUT2D eigenvalue weighted by molar-refractivity contribution is 0.103. The molecule has 2 aromatic heterocycles. The largest absolute Gasteiger partial charge is 0.299 e. The Labute approximate surface area is 172 Å². The molecule has 0 spiro atoms. The SMILES string of the molecule is O=C(c1ccc(F)c(F)c1)c1ccc(CN2CCC(c3ccc(F)nc3)CC2)cn1. The fraction of sp³-hybridized carbons (Fsp3) is 0.261. The summed E-state index contributed by atoms with van der Waals surface area (Å²) >= 11 is 0. The van der Waals surface area contributed by atoms with E-state index in [0.717, 1.165) is 49.2 Å². The number of piperidine rings is 1. The van der Waals surface area contributed by atoms with Crippen molar-refractivity contribution in [1.82, 2.24) is 14.9 Å². The first-order chi connectivity index (χ1) is 14.5. The fourth-order valence-electron chi connectivity index (χ4n) is 3.75. The van der Waals surface area contributed by atoms with E-state index < -0.39 is 23.4 Å². The van der Waals surface area contributed by atoms with Crippen LogP contribution in [0.3, 0.4) is 0 Å². The Morgan fingerprint density at radius 2 is 1.73 bits per heavy atom. The Kier molecular flexibility index (Phi) is 5.90. The van der Waals surface area contributed by atoms with Crippen molar-refractivity contribution in [3.05, 3.63) is 94.8 Å². The number of carbonyl (C=O) groups excluding carboxylic acids is 1. The van der Waals surface area contributed by atoms with Gasteiger partial charge in [0.15, 0.2) is 11.6 Å². The predicted molar refractivity (Wildman–Crippen MR) is 105 cm³/mol. The summed E-state index contributed by atoms with van der Waals surface area (Å²) < 4.78 is 39.4. The minimum atomic E-state index is -1.06. The molecule has 4 rings (SSSR count). The lowest BCUT2D eigenvalue weighted by Crippen LogP contribution is -2.32. The molecule has 0 saturated carbocycles. The van der Waals surface area contributed by atoms with Gasteiger partial charge in [-0.05, 0) is 73.3 Å². The molecule has 1 fully saturated rings. The summed E-state index contributed by atoms with van der Waals surface area (Å²) in [6.07, 6.45) is 5.19. The van der Waals surface area contributed by atoms with Crippen LogP contribution in [-0.2, 0) is 6.54 Å². The lowest BCUT2D eigenvalue weighted by Gasteiger charge is -2.32. The summed E-state index contributed by atoms with van der Waals surface area (Å²) in [7, 11) is 0. The maximum absolute atomic E-state index is 13.4. The number of halogens is 3. The number of hydrogen-bond acceptors (Lipinski definition) is 4. The van der Waals surface area contributed by atoms with Crippen LogP contribution in [0.25, 0.3) is 0 Å². The number of carbonyl (C=O) groups is 1. The first-order valence-electron chi connectivity index (χ1n) is 9.78. The highest BCUT2D eigenvalue weighted by Crippen LogP contribution is 2.28. The standard InChI is InChI=1S/C23H20F3N3O/c24-19-4-2-17(11-20(19)25)23(30)21-5-1-15(12-27-21)14-29-9-7-16(8-10-29)18-3-6-22(26)28-13-18/h1-6,11-13,16H,7-10,14H2. The lowest BCUT2D eigenvalue weighted by atomic mass is 9.90.